The molecule has 6 aromatic carbocycles. The van der Waals surface area contributed by atoms with Crippen LogP contribution in [0.5, 0.6) is 0 Å². The molecule has 0 N–H and O–H groups in total. The summed E-state index contributed by atoms with van der Waals surface area (Å²) in [5, 5.41) is 4.71. The SMILES string of the molecule is c1ccc(-c2cc(-c3ccc(-c4ccccn4)cc3)nc(-c3ccc(-c4ccc5c(c4)sc4ccccc45)c4c3oc3ccccc34)n2)cc1. The quantitative estimate of drug-likeness (QED) is 0.185. The zero-order valence-electron chi connectivity index (χ0n) is 26.7. The Hall–Kier alpha value is -6.43. The third kappa shape index (κ3) is 4.79. The molecule has 10 rings (SSSR count). The van der Waals surface area contributed by atoms with Gasteiger partial charge < -0.3 is 4.42 Å². The lowest BCUT2D eigenvalue weighted by Gasteiger charge is -2.12. The number of thiophene rings is 1. The molecule has 0 bridgehead atoms. The van der Waals surface area contributed by atoms with Gasteiger partial charge in [0.1, 0.15) is 11.2 Å². The van der Waals surface area contributed by atoms with Gasteiger partial charge in [0.25, 0.3) is 0 Å². The molecule has 0 aliphatic carbocycles. The van der Waals surface area contributed by atoms with Gasteiger partial charge in [0.15, 0.2) is 5.82 Å². The van der Waals surface area contributed by atoms with Crippen LogP contribution in [0.25, 0.3) is 98.4 Å². The van der Waals surface area contributed by atoms with Gasteiger partial charge in [-0.25, -0.2) is 9.97 Å². The largest absolute Gasteiger partial charge is 0.455 e. The first-order valence-electron chi connectivity index (χ1n) is 16.6. The Morgan fingerprint density at radius 1 is 0.440 bits per heavy atom. The minimum Gasteiger partial charge on any atom is -0.455 e. The first kappa shape index (κ1) is 28.6. The molecule has 5 heteroatoms. The molecule has 0 spiro atoms. The summed E-state index contributed by atoms with van der Waals surface area (Å²) in [5.41, 5.74) is 10.4. The highest BCUT2D eigenvalue weighted by Gasteiger charge is 2.20. The fourth-order valence-corrected chi connectivity index (χ4v) is 8.10. The summed E-state index contributed by atoms with van der Waals surface area (Å²) in [5.74, 6) is 0.616. The summed E-state index contributed by atoms with van der Waals surface area (Å²) in [6, 6.07) is 54.7. The smallest absolute Gasteiger partial charge is 0.164 e. The van der Waals surface area contributed by atoms with Crippen molar-refractivity contribution in [3.05, 3.63) is 164 Å². The van der Waals surface area contributed by atoms with Crippen molar-refractivity contribution in [2.24, 2.45) is 0 Å². The van der Waals surface area contributed by atoms with Crippen molar-refractivity contribution < 1.29 is 4.42 Å². The number of rotatable bonds is 5. The van der Waals surface area contributed by atoms with Crippen LogP contribution in [-0.4, -0.2) is 15.0 Å². The van der Waals surface area contributed by atoms with Crippen molar-refractivity contribution in [1.82, 2.24) is 15.0 Å². The monoisotopic (exact) mass is 657 g/mol. The molecule has 0 atom stereocenters. The van der Waals surface area contributed by atoms with E-state index < -0.39 is 0 Å². The lowest BCUT2D eigenvalue weighted by molar-refractivity contribution is 0.669. The minimum absolute atomic E-state index is 0.616. The first-order chi connectivity index (χ1) is 24.8. The number of aromatic nitrogens is 3. The van der Waals surface area contributed by atoms with E-state index in [4.69, 9.17) is 14.4 Å². The Kier molecular flexibility index (Phi) is 6.64. The summed E-state index contributed by atoms with van der Waals surface area (Å²) >= 11 is 1.83. The van der Waals surface area contributed by atoms with E-state index in [0.29, 0.717) is 5.82 Å². The normalized spacial score (nSPS) is 11.6. The number of hydrogen-bond donors (Lipinski definition) is 0. The molecule has 4 aromatic heterocycles. The Morgan fingerprint density at radius 3 is 1.88 bits per heavy atom. The van der Waals surface area contributed by atoms with Crippen molar-refractivity contribution in [1.29, 1.82) is 0 Å². The highest BCUT2D eigenvalue weighted by molar-refractivity contribution is 7.25. The van der Waals surface area contributed by atoms with Crippen molar-refractivity contribution >= 4 is 53.4 Å². The van der Waals surface area contributed by atoms with Crippen LogP contribution < -0.4 is 0 Å². The zero-order chi connectivity index (χ0) is 33.0. The topological polar surface area (TPSA) is 51.8 Å². The highest BCUT2D eigenvalue weighted by atomic mass is 32.1. The summed E-state index contributed by atoms with van der Waals surface area (Å²) in [7, 11) is 0. The molecule has 4 nitrogen and oxygen atoms in total. The van der Waals surface area contributed by atoms with Crippen molar-refractivity contribution in [2.75, 3.05) is 0 Å². The van der Waals surface area contributed by atoms with Crippen LogP contribution in [-0.2, 0) is 0 Å². The third-order valence-corrected chi connectivity index (χ3v) is 10.5. The molecular weight excluding hydrogens is 631 g/mol. The molecule has 0 unspecified atom stereocenters. The van der Waals surface area contributed by atoms with Crippen LogP contribution in [0, 0.1) is 0 Å². The number of hydrogen-bond acceptors (Lipinski definition) is 5. The van der Waals surface area contributed by atoms with Gasteiger partial charge in [-0.05, 0) is 53.6 Å². The van der Waals surface area contributed by atoms with Crippen LogP contribution in [0.1, 0.15) is 0 Å². The first-order valence-corrected chi connectivity index (χ1v) is 17.4. The van der Waals surface area contributed by atoms with E-state index in [-0.39, 0.29) is 0 Å². The van der Waals surface area contributed by atoms with Crippen molar-refractivity contribution in [3.63, 3.8) is 0 Å². The van der Waals surface area contributed by atoms with Crippen molar-refractivity contribution in [3.8, 4) is 56.3 Å². The molecule has 4 heterocycles. The second-order valence-electron chi connectivity index (χ2n) is 12.4. The van der Waals surface area contributed by atoms with E-state index in [0.717, 1.165) is 72.4 Å². The maximum absolute atomic E-state index is 6.71. The number of pyridine rings is 1. The molecule has 234 valence electrons. The molecule has 0 saturated heterocycles. The van der Waals surface area contributed by atoms with Gasteiger partial charge in [-0.2, -0.15) is 0 Å². The summed E-state index contributed by atoms with van der Waals surface area (Å²) < 4.78 is 9.27. The Balaban J connectivity index is 1.17. The Morgan fingerprint density at radius 2 is 1.08 bits per heavy atom. The molecule has 0 fully saturated rings. The maximum atomic E-state index is 6.71. The van der Waals surface area contributed by atoms with Gasteiger partial charge >= 0.3 is 0 Å². The van der Waals surface area contributed by atoms with Gasteiger partial charge in [-0.3, -0.25) is 4.98 Å². The van der Waals surface area contributed by atoms with E-state index in [9.17, 15) is 0 Å². The average Bonchev–Trinajstić information content (AvgIpc) is 3.77. The second-order valence-corrected chi connectivity index (χ2v) is 13.5. The van der Waals surface area contributed by atoms with Gasteiger partial charge in [0.05, 0.1) is 22.6 Å². The number of nitrogens with zero attached hydrogens (tertiary/aromatic N) is 3. The van der Waals surface area contributed by atoms with E-state index in [1.54, 1.807) is 0 Å². The lowest BCUT2D eigenvalue weighted by atomic mass is 9.96. The molecular formula is C45H27N3OS. The molecule has 0 aliphatic rings. The average molecular weight is 658 g/mol. The minimum atomic E-state index is 0.616. The van der Waals surface area contributed by atoms with E-state index in [1.165, 1.54) is 20.2 Å². The van der Waals surface area contributed by atoms with Crippen LogP contribution in [0.4, 0.5) is 0 Å². The Bertz CT molecular complexity index is 2860. The van der Waals surface area contributed by atoms with Crippen molar-refractivity contribution in [2.45, 2.75) is 0 Å². The van der Waals surface area contributed by atoms with Gasteiger partial charge in [-0.15, -0.1) is 11.3 Å². The molecule has 10 aromatic rings. The van der Waals surface area contributed by atoms with Crippen LogP contribution >= 0.6 is 11.3 Å². The van der Waals surface area contributed by atoms with Crippen LogP contribution in [0.2, 0.25) is 0 Å². The van der Waals surface area contributed by atoms with E-state index in [1.807, 2.05) is 66.1 Å². The zero-order valence-corrected chi connectivity index (χ0v) is 27.6. The lowest BCUT2D eigenvalue weighted by Crippen LogP contribution is -1.96. The highest BCUT2D eigenvalue weighted by Crippen LogP contribution is 2.43. The van der Waals surface area contributed by atoms with Gasteiger partial charge in [-0.1, -0.05) is 115 Å². The number of fused-ring (bicyclic) bond motifs is 6. The summed E-state index contributed by atoms with van der Waals surface area (Å²) in [6.45, 7) is 0. The summed E-state index contributed by atoms with van der Waals surface area (Å²) in [4.78, 5) is 14.9. The standard InChI is InChI=1S/C45H27N3OS/c1-2-10-28(11-3-1)38-27-39(30-19-17-29(18-20-30)37-14-8-9-25-46-37)48-45(47-38)36-24-23-32(43-35-13-4-6-15-40(35)49-44(36)43)31-21-22-34-33-12-5-7-16-41(33)50-42(34)26-31/h1-27H. The van der Waals surface area contributed by atoms with E-state index in [2.05, 4.69) is 114 Å². The molecule has 50 heavy (non-hydrogen) atoms. The number of benzene rings is 6. The second kappa shape index (κ2) is 11.6. The molecule has 0 radical (unpaired) electrons. The molecule has 0 aliphatic heterocycles. The Labute approximate surface area is 292 Å². The molecule has 0 amide bonds. The van der Waals surface area contributed by atoms with Crippen LogP contribution in [0.3, 0.4) is 0 Å². The maximum Gasteiger partial charge on any atom is 0.164 e. The van der Waals surface area contributed by atoms with E-state index >= 15 is 0 Å². The predicted octanol–water partition coefficient (Wildman–Crippen LogP) is 12.5. The third-order valence-electron chi connectivity index (χ3n) is 9.39. The number of para-hydroxylation sites is 1. The van der Waals surface area contributed by atoms with Crippen LogP contribution in [0.15, 0.2) is 168 Å². The number of furan rings is 1. The predicted molar refractivity (Wildman–Crippen MR) is 207 cm³/mol. The summed E-state index contributed by atoms with van der Waals surface area (Å²) in [6.07, 6.45) is 1.82. The molecule has 0 saturated carbocycles. The fraction of sp³-hybridized carbons (Fsp3) is 0. The van der Waals surface area contributed by atoms with Gasteiger partial charge in [0.2, 0.25) is 0 Å². The van der Waals surface area contributed by atoms with Gasteiger partial charge in [0, 0.05) is 53.8 Å². The fourth-order valence-electron chi connectivity index (χ4n) is 6.96.